The van der Waals surface area contributed by atoms with Crippen LogP contribution in [0.1, 0.15) is 143 Å². The summed E-state index contributed by atoms with van der Waals surface area (Å²) in [6.45, 7) is 7.43. The van der Waals surface area contributed by atoms with Gasteiger partial charge in [0, 0.05) is 13.0 Å². The summed E-state index contributed by atoms with van der Waals surface area (Å²) in [4.78, 5) is 10.8. The third kappa shape index (κ3) is 21.2. The lowest BCUT2D eigenvalue weighted by molar-refractivity contribution is -0.194. The second-order valence-corrected chi connectivity index (χ2v) is 9.37. The molecule has 1 aliphatic rings. The number of carboxylic acids is 1. The molecule has 5 nitrogen and oxygen atoms in total. The number of aliphatic hydroxyl groups excluding tert-OH is 1. The van der Waals surface area contributed by atoms with Gasteiger partial charge in [0.1, 0.15) is 0 Å². The number of carboxylic acid groups (broad SMARTS) is 1. The lowest BCUT2D eigenvalue weighted by atomic mass is 10.0. The lowest BCUT2D eigenvalue weighted by Gasteiger charge is -2.29. The van der Waals surface area contributed by atoms with Crippen LogP contribution in [0, 0.1) is 0 Å². The minimum absolute atomic E-state index is 0.114. The minimum Gasteiger partial charge on any atom is -0.481 e. The molecule has 192 valence electrons. The van der Waals surface area contributed by atoms with E-state index in [0.29, 0.717) is 6.42 Å². The number of rotatable bonds is 19. The van der Waals surface area contributed by atoms with Crippen LogP contribution in [0.4, 0.5) is 0 Å². The Morgan fingerprint density at radius 3 is 1.91 bits per heavy atom. The number of aliphatic hydroxyl groups is 1. The first kappa shape index (κ1) is 31.4. The van der Waals surface area contributed by atoms with Crippen LogP contribution in [0.25, 0.3) is 0 Å². The van der Waals surface area contributed by atoms with Crippen molar-refractivity contribution < 1.29 is 24.5 Å². The highest BCUT2D eigenvalue weighted by Crippen LogP contribution is 2.22. The van der Waals surface area contributed by atoms with Crippen molar-refractivity contribution >= 4 is 5.97 Å². The molecule has 1 aliphatic heterocycles. The number of aliphatic carboxylic acids is 1. The summed E-state index contributed by atoms with van der Waals surface area (Å²) in [6, 6.07) is 0. The van der Waals surface area contributed by atoms with Crippen LogP contribution in [0.2, 0.25) is 0 Å². The first-order chi connectivity index (χ1) is 15.5. The molecule has 0 saturated carbocycles. The fourth-order valence-corrected chi connectivity index (χ4v) is 4.05. The Bertz CT molecular complexity index is 392. The van der Waals surface area contributed by atoms with Crippen LogP contribution in [-0.4, -0.2) is 41.3 Å². The molecule has 1 fully saturated rings. The zero-order chi connectivity index (χ0) is 23.9. The van der Waals surface area contributed by atoms with Gasteiger partial charge in [-0.1, -0.05) is 104 Å². The van der Waals surface area contributed by atoms with Gasteiger partial charge in [-0.2, -0.15) is 0 Å². The van der Waals surface area contributed by atoms with Gasteiger partial charge >= 0.3 is 5.97 Å². The van der Waals surface area contributed by atoms with Crippen LogP contribution in [0.5, 0.6) is 0 Å². The Hall–Kier alpha value is -0.650. The Balaban J connectivity index is 0.00000140. The first-order valence-electron chi connectivity index (χ1n) is 13.7. The van der Waals surface area contributed by atoms with E-state index in [1.54, 1.807) is 0 Å². The molecule has 1 heterocycles. The van der Waals surface area contributed by atoms with Gasteiger partial charge < -0.3 is 19.7 Å². The van der Waals surface area contributed by atoms with E-state index in [0.717, 1.165) is 38.7 Å². The molecule has 0 spiro atoms. The van der Waals surface area contributed by atoms with E-state index < -0.39 is 12.1 Å². The maximum Gasteiger partial charge on any atom is 0.305 e. The summed E-state index contributed by atoms with van der Waals surface area (Å²) in [5.41, 5.74) is 0. The van der Waals surface area contributed by atoms with Crippen LogP contribution >= 0.6 is 0 Å². The van der Waals surface area contributed by atoms with Crippen molar-refractivity contribution in [1.82, 2.24) is 0 Å². The van der Waals surface area contributed by atoms with Gasteiger partial charge in [0.25, 0.3) is 0 Å². The molecular formula is C27H54O5. The first-order valence-corrected chi connectivity index (χ1v) is 13.7. The Labute approximate surface area is 198 Å². The third-order valence-electron chi connectivity index (χ3n) is 6.01. The van der Waals surface area contributed by atoms with Crippen LogP contribution < -0.4 is 0 Å². The average Bonchev–Trinajstić information content (AvgIpc) is 2.77. The summed E-state index contributed by atoms with van der Waals surface area (Å²) >= 11 is 0. The predicted octanol–water partition coefficient (Wildman–Crippen LogP) is 7.63. The monoisotopic (exact) mass is 458 g/mol. The Morgan fingerprint density at radius 1 is 0.875 bits per heavy atom. The molecule has 1 saturated heterocycles. The highest BCUT2D eigenvalue weighted by molar-refractivity contribution is 5.67. The summed E-state index contributed by atoms with van der Waals surface area (Å²) in [7, 11) is 0. The topological polar surface area (TPSA) is 76.0 Å². The Kier molecular flexibility index (Phi) is 23.0. The molecule has 0 bridgehead atoms. The maximum absolute atomic E-state index is 10.8. The zero-order valence-corrected chi connectivity index (χ0v) is 21.5. The molecular weight excluding hydrogens is 404 g/mol. The van der Waals surface area contributed by atoms with E-state index in [1.807, 2.05) is 0 Å². The quantitative estimate of drug-likeness (QED) is 0.195. The van der Waals surface area contributed by atoms with Crippen molar-refractivity contribution in [3.8, 4) is 0 Å². The van der Waals surface area contributed by atoms with Crippen molar-refractivity contribution in [2.45, 2.75) is 161 Å². The number of hydrogen-bond donors (Lipinski definition) is 2. The number of unbranched alkanes of at least 4 members (excludes halogenated alkanes) is 11. The largest absolute Gasteiger partial charge is 0.481 e. The SMILES string of the molecule is CCCCCC.CCCCCCCCCCC[C@H](C[C@H](O)CC(=O)O)OC1CCCCO1. The van der Waals surface area contributed by atoms with E-state index in [2.05, 4.69) is 20.8 Å². The summed E-state index contributed by atoms with van der Waals surface area (Å²) in [5, 5.41) is 18.8. The standard InChI is InChI=1S/C21H40O5.C6H14/c1-2-3-4-5-6-7-8-9-10-13-19(16-18(22)17-20(23)24)26-21-14-11-12-15-25-21;1-3-5-6-4-2/h18-19,21-22H,2-17H2,1H3,(H,23,24);3-6H2,1-2H3/t18-,19+,21?;/m0./s1. The molecule has 1 unspecified atom stereocenters. The smallest absolute Gasteiger partial charge is 0.305 e. The average molecular weight is 459 g/mol. The second-order valence-electron chi connectivity index (χ2n) is 9.37. The molecule has 32 heavy (non-hydrogen) atoms. The second kappa shape index (κ2) is 23.5. The van der Waals surface area contributed by atoms with Crippen molar-refractivity contribution in [1.29, 1.82) is 0 Å². The van der Waals surface area contributed by atoms with Gasteiger partial charge in [0.2, 0.25) is 0 Å². The van der Waals surface area contributed by atoms with E-state index in [-0.39, 0.29) is 18.8 Å². The number of ether oxygens (including phenoxy) is 2. The highest BCUT2D eigenvalue weighted by Gasteiger charge is 2.23. The van der Waals surface area contributed by atoms with Gasteiger partial charge in [0.05, 0.1) is 18.6 Å². The molecule has 5 heteroatoms. The summed E-state index contributed by atoms with van der Waals surface area (Å²) < 4.78 is 11.7. The molecule has 0 aromatic heterocycles. The fraction of sp³-hybridized carbons (Fsp3) is 0.963. The summed E-state index contributed by atoms with van der Waals surface area (Å²) in [6.07, 6.45) is 19.9. The van der Waals surface area contributed by atoms with Gasteiger partial charge in [-0.15, -0.1) is 0 Å². The maximum atomic E-state index is 10.8. The zero-order valence-electron chi connectivity index (χ0n) is 21.5. The molecule has 2 N–H and O–H groups in total. The Morgan fingerprint density at radius 2 is 1.41 bits per heavy atom. The van der Waals surface area contributed by atoms with Crippen LogP contribution in [0.15, 0.2) is 0 Å². The molecule has 1 rings (SSSR count). The fourth-order valence-electron chi connectivity index (χ4n) is 4.05. The highest BCUT2D eigenvalue weighted by atomic mass is 16.7. The van der Waals surface area contributed by atoms with Crippen molar-refractivity contribution in [3.05, 3.63) is 0 Å². The predicted molar refractivity (Wildman–Crippen MR) is 133 cm³/mol. The van der Waals surface area contributed by atoms with Crippen LogP contribution in [0.3, 0.4) is 0 Å². The van der Waals surface area contributed by atoms with Crippen molar-refractivity contribution in [2.24, 2.45) is 0 Å². The normalized spacial score (nSPS) is 17.9. The summed E-state index contributed by atoms with van der Waals surface area (Å²) in [5.74, 6) is -0.965. The van der Waals surface area contributed by atoms with E-state index in [1.165, 1.54) is 77.0 Å². The molecule has 0 aromatic carbocycles. The van der Waals surface area contributed by atoms with E-state index >= 15 is 0 Å². The number of hydrogen-bond acceptors (Lipinski definition) is 4. The van der Waals surface area contributed by atoms with Crippen LogP contribution in [-0.2, 0) is 14.3 Å². The van der Waals surface area contributed by atoms with Gasteiger partial charge in [-0.3, -0.25) is 4.79 Å². The molecule has 0 radical (unpaired) electrons. The molecule has 0 aliphatic carbocycles. The minimum atomic E-state index is -0.965. The molecule has 3 atom stereocenters. The van der Waals surface area contributed by atoms with Gasteiger partial charge in [-0.25, -0.2) is 0 Å². The third-order valence-corrected chi connectivity index (χ3v) is 6.01. The van der Waals surface area contributed by atoms with Crippen molar-refractivity contribution in [2.75, 3.05) is 6.61 Å². The van der Waals surface area contributed by atoms with E-state index in [4.69, 9.17) is 14.6 Å². The van der Waals surface area contributed by atoms with Crippen molar-refractivity contribution in [3.63, 3.8) is 0 Å². The molecule has 0 amide bonds. The molecule has 0 aromatic rings. The number of carbonyl (C=O) groups is 1. The van der Waals surface area contributed by atoms with Gasteiger partial charge in [0.15, 0.2) is 6.29 Å². The van der Waals surface area contributed by atoms with E-state index in [9.17, 15) is 9.90 Å². The lowest BCUT2D eigenvalue weighted by Crippen LogP contribution is -2.31. The van der Waals surface area contributed by atoms with Gasteiger partial charge in [-0.05, 0) is 25.7 Å².